The van der Waals surface area contributed by atoms with Crippen LogP contribution in [-0.2, 0) is 4.79 Å². The maximum absolute atomic E-state index is 10.6. The van der Waals surface area contributed by atoms with Crippen LogP contribution in [0.4, 0.5) is 0 Å². The molecule has 0 saturated carbocycles. The van der Waals surface area contributed by atoms with Gasteiger partial charge in [-0.05, 0) is 24.6 Å². The standard InChI is InChI=1S/C11H15NO2/c1-2-14-11-5-3-9(4-6-11)10(7-12)8-13/h3-6,8,10H,2,7,12H2,1H3. The maximum Gasteiger partial charge on any atom is 0.128 e. The first kappa shape index (κ1) is 10.7. The lowest BCUT2D eigenvalue weighted by atomic mass is 10.0. The molecule has 0 spiro atoms. The number of rotatable bonds is 5. The highest BCUT2D eigenvalue weighted by Crippen LogP contribution is 2.17. The molecule has 0 amide bonds. The van der Waals surface area contributed by atoms with E-state index in [1.54, 1.807) is 0 Å². The Hall–Kier alpha value is -1.35. The fraction of sp³-hybridized carbons (Fsp3) is 0.364. The summed E-state index contributed by atoms with van der Waals surface area (Å²) in [5.41, 5.74) is 6.39. The predicted molar refractivity (Wildman–Crippen MR) is 55.5 cm³/mol. The minimum atomic E-state index is -0.203. The van der Waals surface area contributed by atoms with Gasteiger partial charge in [-0.15, -0.1) is 0 Å². The van der Waals surface area contributed by atoms with Gasteiger partial charge in [0.25, 0.3) is 0 Å². The molecule has 0 saturated heterocycles. The molecule has 1 rings (SSSR count). The fourth-order valence-electron chi connectivity index (χ4n) is 1.25. The van der Waals surface area contributed by atoms with Crippen LogP contribution in [0.5, 0.6) is 5.75 Å². The van der Waals surface area contributed by atoms with Crippen molar-refractivity contribution in [3.63, 3.8) is 0 Å². The molecule has 1 atom stereocenters. The molecule has 0 heterocycles. The molecule has 1 unspecified atom stereocenters. The number of carbonyl (C=O) groups excluding carboxylic acids is 1. The van der Waals surface area contributed by atoms with Crippen LogP contribution in [0.3, 0.4) is 0 Å². The lowest BCUT2D eigenvalue weighted by Gasteiger charge is -2.08. The fourth-order valence-corrected chi connectivity index (χ4v) is 1.25. The van der Waals surface area contributed by atoms with E-state index in [0.29, 0.717) is 13.2 Å². The lowest BCUT2D eigenvalue weighted by molar-refractivity contribution is -0.108. The normalized spacial score (nSPS) is 12.1. The van der Waals surface area contributed by atoms with E-state index < -0.39 is 0 Å². The molecule has 0 aliphatic carbocycles. The molecule has 0 bridgehead atoms. The van der Waals surface area contributed by atoms with Crippen molar-refractivity contribution in [2.75, 3.05) is 13.2 Å². The number of benzene rings is 1. The highest BCUT2D eigenvalue weighted by molar-refractivity contribution is 5.62. The minimum Gasteiger partial charge on any atom is -0.494 e. The van der Waals surface area contributed by atoms with Crippen molar-refractivity contribution in [2.24, 2.45) is 5.73 Å². The van der Waals surface area contributed by atoms with Gasteiger partial charge in [-0.2, -0.15) is 0 Å². The molecule has 3 nitrogen and oxygen atoms in total. The quantitative estimate of drug-likeness (QED) is 0.718. The van der Waals surface area contributed by atoms with E-state index in [2.05, 4.69) is 0 Å². The Kier molecular flexibility index (Phi) is 4.13. The van der Waals surface area contributed by atoms with Crippen molar-refractivity contribution in [2.45, 2.75) is 12.8 Å². The molecule has 1 aromatic carbocycles. The summed E-state index contributed by atoms with van der Waals surface area (Å²) >= 11 is 0. The van der Waals surface area contributed by atoms with Gasteiger partial charge in [0.1, 0.15) is 12.0 Å². The number of carbonyl (C=O) groups is 1. The molecular formula is C11H15NO2. The first-order valence-electron chi connectivity index (χ1n) is 4.70. The van der Waals surface area contributed by atoms with Crippen LogP contribution < -0.4 is 10.5 Å². The lowest BCUT2D eigenvalue weighted by Crippen LogP contribution is -2.13. The van der Waals surface area contributed by atoms with Crippen molar-refractivity contribution >= 4 is 6.29 Å². The number of hydrogen-bond donors (Lipinski definition) is 1. The second-order valence-corrected chi connectivity index (χ2v) is 2.98. The third-order valence-corrected chi connectivity index (χ3v) is 2.04. The van der Waals surface area contributed by atoms with Gasteiger partial charge < -0.3 is 15.3 Å². The average molecular weight is 193 g/mol. The molecule has 14 heavy (non-hydrogen) atoms. The third-order valence-electron chi connectivity index (χ3n) is 2.04. The topological polar surface area (TPSA) is 52.3 Å². The summed E-state index contributed by atoms with van der Waals surface area (Å²) in [6, 6.07) is 7.45. The molecule has 0 aliphatic rings. The molecule has 0 aliphatic heterocycles. The van der Waals surface area contributed by atoms with E-state index in [1.165, 1.54) is 0 Å². The van der Waals surface area contributed by atoms with Gasteiger partial charge >= 0.3 is 0 Å². The van der Waals surface area contributed by atoms with Crippen LogP contribution in [0.25, 0.3) is 0 Å². The van der Waals surface area contributed by atoms with Crippen molar-refractivity contribution < 1.29 is 9.53 Å². The van der Waals surface area contributed by atoms with Gasteiger partial charge in [0, 0.05) is 6.54 Å². The van der Waals surface area contributed by atoms with Crippen LogP contribution in [0.2, 0.25) is 0 Å². The predicted octanol–water partition coefficient (Wildman–Crippen LogP) is 1.33. The summed E-state index contributed by atoms with van der Waals surface area (Å²) < 4.78 is 5.29. The molecule has 0 fully saturated rings. The Morgan fingerprint density at radius 1 is 1.43 bits per heavy atom. The Labute approximate surface area is 83.9 Å². The van der Waals surface area contributed by atoms with Crippen molar-refractivity contribution in [3.05, 3.63) is 29.8 Å². The largest absolute Gasteiger partial charge is 0.494 e. The molecular weight excluding hydrogens is 178 g/mol. The highest BCUT2D eigenvalue weighted by atomic mass is 16.5. The summed E-state index contributed by atoms with van der Waals surface area (Å²) in [5.74, 6) is 0.614. The Morgan fingerprint density at radius 3 is 2.50 bits per heavy atom. The molecule has 76 valence electrons. The zero-order chi connectivity index (χ0) is 10.4. The van der Waals surface area contributed by atoms with Crippen LogP contribution in [0.1, 0.15) is 18.4 Å². The summed E-state index contributed by atoms with van der Waals surface area (Å²) in [6.45, 7) is 2.92. The van der Waals surface area contributed by atoms with E-state index in [9.17, 15) is 4.79 Å². The number of aldehydes is 1. The molecule has 3 heteroatoms. The Balaban J connectivity index is 2.76. The van der Waals surface area contributed by atoms with Gasteiger partial charge in [0.05, 0.1) is 12.5 Å². The van der Waals surface area contributed by atoms with E-state index in [4.69, 9.17) is 10.5 Å². The maximum atomic E-state index is 10.6. The number of nitrogens with two attached hydrogens (primary N) is 1. The van der Waals surface area contributed by atoms with E-state index in [0.717, 1.165) is 17.6 Å². The van der Waals surface area contributed by atoms with Gasteiger partial charge in [-0.1, -0.05) is 12.1 Å². The first-order chi connectivity index (χ1) is 6.81. The zero-order valence-corrected chi connectivity index (χ0v) is 8.27. The van der Waals surface area contributed by atoms with Crippen molar-refractivity contribution in [1.29, 1.82) is 0 Å². The molecule has 0 aromatic heterocycles. The molecule has 2 N–H and O–H groups in total. The smallest absolute Gasteiger partial charge is 0.128 e. The van der Waals surface area contributed by atoms with Crippen molar-refractivity contribution in [1.82, 2.24) is 0 Å². The average Bonchev–Trinajstić information content (AvgIpc) is 2.23. The SMILES string of the molecule is CCOc1ccc(C(C=O)CN)cc1. The van der Waals surface area contributed by atoms with E-state index >= 15 is 0 Å². The highest BCUT2D eigenvalue weighted by Gasteiger charge is 2.07. The monoisotopic (exact) mass is 193 g/mol. The molecule has 0 radical (unpaired) electrons. The van der Waals surface area contributed by atoms with E-state index in [-0.39, 0.29) is 5.92 Å². The first-order valence-corrected chi connectivity index (χ1v) is 4.70. The second-order valence-electron chi connectivity index (χ2n) is 2.98. The molecule has 1 aromatic rings. The Bertz CT molecular complexity index is 282. The van der Waals surface area contributed by atoms with Crippen LogP contribution in [0, 0.1) is 0 Å². The van der Waals surface area contributed by atoms with Gasteiger partial charge in [-0.3, -0.25) is 0 Å². The van der Waals surface area contributed by atoms with Gasteiger partial charge in [0.15, 0.2) is 0 Å². The van der Waals surface area contributed by atoms with Gasteiger partial charge in [-0.25, -0.2) is 0 Å². The third kappa shape index (κ3) is 2.57. The number of ether oxygens (including phenoxy) is 1. The summed E-state index contributed by atoms with van der Waals surface area (Å²) in [5, 5.41) is 0. The second kappa shape index (κ2) is 5.40. The number of hydrogen-bond acceptors (Lipinski definition) is 3. The van der Waals surface area contributed by atoms with Crippen LogP contribution in [0.15, 0.2) is 24.3 Å². The zero-order valence-electron chi connectivity index (χ0n) is 8.27. The van der Waals surface area contributed by atoms with Gasteiger partial charge in [0.2, 0.25) is 0 Å². The summed E-state index contributed by atoms with van der Waals surface area (Å²) in [7, 11) is 0. The van der Waals surface area contributed by atoms with Crippen LogP contribution >= 0.6 is 0 Å². The van der Waals surface area contributed by atoms with Crippen LogP contribution in [-0.4, -0.2) is 19.4 Å². The Morgan fingerprint density at radius 2 is 2.07 bits per heavy atom. The minimum absolute atomic E-state index is 0.203. The van der Waals surface area contributed by atoms with Crippen molar-refractivity contribution in [3.8, 4) is 5.75 Å². The van der Waals surface area contributed by atoms with E-state index in [1.807, 2.05) is 31.2 Å². The summed E-state index contributed by atoms with van der Waals surface area (Å²) in [4.78, 5) is 10.6. The summed E-state index contributed by atoms with van der Waals surface area (Å²) in [6.07, 6.45) is 0.871.